The van der Waals surface area contributed by atoms with Gasteiger partial charge < -0.3 is 25.0 Å². The van der Waals surface area contributed by atoms with Gasteiger partial charge in [-0.3, -0.25) is 4.79 Å². The molecule has 2 aromatic carbocycles. The summed E-state index contributed by atoms with van der Waals surface area (Å²) in [5.41, 5.74) is 1.98. The van der Waals surface area contributed by atoms with Gasteiger partial charge in [-0.1, -0.05) is 26.0 Å². The molecule has 0 bridgehead atoms. The maximum atomic E-state index is 14.1. The lowest BCUT2D eigenvalue weighted by atomic mass is 9.91. The molecule has 1 atom stereocenters. The van der Waals surface area contributed by atoms with Gasteiger partial charge in [0.1, 0.15) is 5.82 Å². The van der Waals surface area contributed by atoms with Crippen LogP contribution in [-0.4, -0.2) is 44.1 Å². The van der Waals surface area contributed by atoms with Crippen LogP contribution < -0.4 is 20.1 Å². The summed E-state index contributed by atoms with van der Waals surface area (Å²) in [6, 6.07) is 8.87. The first-order valence-electron chi connectivity index (χ1n) is 10.2. The number of anilines is 1. The molecule has 0 unspecified atom stereocenters. The van der Waals surface area contributed by atoms with E-state index in [1.165, 1.54) is 12.1 Å². The number of amides is 3. The van der Waals surface area contributed by atoms with Crippen molar-refractivity contribution in [3.05, 3.63) is 53.3 Å². The van der Waals surface area contributed by atoms with E-state index in [-0.39, 0.29) is 24.1 Å². The Hall–Kier alpha value is -3.29. The second-order valence-corrected chi connectivity index (χ2v) is 7.68. The van der Waals surface area contributed by atoms with Crippen LogP contribution in [0.25, 0.3) is 0 Å². The van der Waals surface area contributed by atoms with Crippen LogP contribution in [0.2, 0.25) is 0 Å². The molecule has 0 fully saturated rings. The molecule has 0 aromatic heterocycles. The average molecular weight is 429 g/mol. The van der Waals surface area contributed by atoms with Gasteiger partial charge in [0.25, 0.3) is 0 Å². The molecule has 166 valence electrons. The van der Waals surface area contributed by atoms with Crippen LogP contribution in [-0.2, 0) is 11.2 Å². The fourth-order valence-electron chi connectivity index (χ4n) is 3.64. The summed E-state index contributed by atoms with van der Waals surface area (Å²) in [5, 5.41) is 5.56. The number of rotatable bonds is 6. The molecule has 2 N–H and O–H groups in total. The lowest BCUT2D eigenvalue weighted by Crippen LogP contribution is -2.47. The number of hydrogen-bond donors (Lipinski definition) is 2. The van der Waals surface area contributed by atoms with Crippen molar-refractivity contribution in [1.29, 1.82) is 0 Å². The van der Waals surface area contributed by atoms with Crippen molar-refractivity contribution in [2.75, 3.05) is 32.6 Å². The van der Waals surface area contributed by atoms with Crippen molar-refractivity contribution in [3.63, 3.8) is 0 Å². The number of carbonyl (C=O) groups excluding carboxylic acids is 2. The van der Waals surface area contributed by atoms with Gasteiger partial charge in [-0.15, -0.1) is 0 Å². The molecule has 0 saturated carbocycles. The van der Waals surface area contributed by atoms with Gasteiger partial charge >= 0.3 is 6.03 Å². The van der Waals surface area contributed by atoms with E-state index in [0.29, 0.717) is 24.5 Å². The molecule has 0 saturated heterocycles. The van der Waals surface area contributed by atoms with Gasteiger partial charge in [0, 0.05) is 19.0 Å². The zero-order chi connectivity index (χ0) is 22.5. The molecule has 3 amide bonds. The van der Waals surface area contributed by atoms with Crippen molar-refractivity contribution in [2.24, 2.45) is 5.92 Å². The number of ether oxygens (including phenoxy) is 2. The minimum atomic E-state index is -0.510. The third kappa shape index (κ3) is 4.90. The minimum absolute atomic E-state index is 0.107. The Morgan fingerprint density at radius 2 is 1.84 bits per heavy atom. The van der Waals surface area contributed by atoms with E-state index < -0.39 is 17.9 Å². The number of benzene rings is 2. The summed E-state index contributed by atoms with van der Waals surface area (Å²) < 4.78 is 24.9. The third-order valence-electron chi connectivity index (χ3n) is 5.37. The number of methoxy groups -OCH3 is 2. The Labute approximate surface area is 181 Å². The average Bonchev–Trinajstić information content (AvgIpc) is 2.77. The monoisotopic (exact) mass is 429 g/mol. The van der Waals surface area contributed by atoms with Crippen molar-refractivity contribution in [1.82, 2.24) is 10.2 Å². The van der Waals surface area contributed by atoms with Gasteiger partial charge in [-0.25, -0.2) is 9.18 Å². The first kappa shape index (κ1) is 22.4. The van der Waals surface area contributed by atoms with Crippen molar-refractivity contribution in [2.45, 2.75) is 26.3 Å². The summed E-state index contributed by atoms with van der Waals surface area (Å²) in [6.07, 6.45) is 0.592. The summed E-state index contributed by atoms with van der Waals surface area (Å²) in [7, 11) is 3.12. The summed E-state index contributed by atoms with van der Waals surface area (Å²) in [5.74, 6) is 0.341. The number of urea groups is 1. The molecule has 1 aliphatic rings. The van der Waals surface area contributed by atoms with E-state index in [0.717, 1.165) is 11.1 Å². The number of nitrogens with one attached hydrogen (secondary N) is 2. The largest absolute Gasteiger partial charge is 0.493 e. The van der Waals surface area contributed by atoms with Crippen molar-refractivity contribution >= 4 is 17.6 Å². The summed E-state index contributed by atoms with van der Waals surface area (Å²) in [6.45, 7) is 4.25. The van der Waals surface area contributed by atoms with E-state index >= 15 is 0 Å². The lowest BCUT2D eigenvalue weighted by Gasteiger charge is -2.38. The molecule has 7 nitrogen and oxygen atoms in total. The van der Waals surface area contributed by atoms with Gasteiger partial charge in [-0.05, 0) is 41.8 Å². The molecule has 2 aromatic rings. The van der Waals surface area contributed by atoms with Gasteiger partial charge in [0.2, 0.25) is 5.91 Å². The smallest absolute Gasteiger partial charge is 0.322 e. The van der Waals surface area contributed by atoms with Crippen molar-refractivity contribution in [3.8, 4) is 11.5 Å². The molecule has 0 aliphatic carbocycles. The highest BCUT2D eigenvalue weighted by molar-refractivity contribution is 5.90. The maximum Gasteiger partial charge on any atom is 0.322 e. The van der Waals surface area contributed by atoms with Crippen LogP contribution in [0.3, 0.4) is 0 Å². The molecule has 31 heavy (non-hydrogen) atoms. The Bertz CT molecular complexity index is 964. The fourth-order valence-corrected chi connectivity index (χ4v) is 3.64. The molecule has 1 heterocycles. The number of carbonyl (C=O) groups is 2. The SMILES string of the molecule is COc1cc2c(cc1OC)[C@@H](CNC(=O)C(C)C)N(C(=O)Nc1ccccc1F)CC2. The Balaban J connectivity index is 1.93. The number of fused-ring (bicyclic) bond motifs is 1. The molecular weight excluding hydrogens is 401 g/mol. The van der Waals surface area contributed by atoms with Crippen LogP contribution in [0.1, 0.15) is 31.0 Å². The Kier molecular flexibility index (Phi) is 6.99. The predicted octanol–water partition coefficient (Wildman–Crippen LogP) is 3.75. The lowest BCUT2D eigenvalue weighted by molar-refractivity contribution is -0.124. The van der Waals surface area contributed by atoms with Gasteiger partial charge in [-0.2, -0.15) is 0 Å². The van der Waals surface area contributed by atoms with E-state index in [4.69, 9.17) is 9.47 Å². The minimum Gasteiger partial charge on any atom is -0.493 e. The van der Waals surface area contributed by atoms with Gasteiger partial charge in [0.15, 0.2) is 11.5 Å². The first-order chi connectivity index (χ1) is 14.8. The molecule has 0 radical (unpaired) electrons. The van der Waals surface area contributed by atoms with E-state index in [2.05, 4.69) is 10.6 Å². The number of nitrogens with zero attached hydrogens (tertiary/aromatic N) is 1. The normalized spacial score (nSPS) is 15.3. The molecule has 3 rings (SSSR count). The molecule has 1 aliphatic heterocycles. The predicted molar refractivity (Wildman–Crippen MR) is 116 cm³/mol. The highest BCUT2D eigenvalue weighted by Crippen LogP contribution is 2.38. The summed E-state index contributed by atoms with van der Waals surface area (Å²) in [4.78, 5) is 26.9. The van der Waals surface area contributed by atoms with Crippen LogP contribution >= 0.6 is 0 Å². The number of para-hydroxylation sites is 1. The van der Waals surface area contributed by atoms with E-state index in [9.17, 15) is 14.0 Å². The Morgan fingerprint density at radius 3 is 2.48 bits per heavy atom. The standard InChI is InChI=1S/C23H28FN3O4/c1-14(2)22(28)25-13-19-16-12-21(31-4)20(30-3)11-15(16)9-10-27(19)23(29)26-18-8-6-5-7-17(18)24/h5-8,11-12,14,19H,9-10,13H2,1-4H3,(H,25,28)(H,26,29)/t19-/m1/s1. The number of hydrogen-bond acceptors (Lipinski definition) is 4. The fraction of sp³-hybridized carbons (Fsp3) is 0.391. The Morgan fingerprint density at radius 1 is 1.16 bits per heavy atom. The molecular formula is C23H28FN3O4. The van der Waals surface area contributed by atoms with Crippen molar-refractivity contribution < 1.29 is 23.5 Å². The first-order valence-corrected chi connectivity index (χ1v) is 10.2. The van der Waals surface area contributed by atoms with Crippen LogP contribution in [0, 0.1) is 11.7 Å². The second kappa shape index (κ2) is 9.68. The highest BCUT2D eigenvalue weighted by atomic mass is 19.1. The number of halogens is 1. The highest BCUT2D eigenvalue weighted by Gasteiger charge is 2.33. The van der Waals surface area contributed by atoms with Crippen LogP contribution in [0.4, 0.5) is 14.9 Å². The van der Waals surface area contributed by atoms with Crippen LogP contribution in [0.5, 0.6) is 11.5 Å². The van der Waals surface area contributed by atoms with Gasteiger partial charge in [0.05, 0.1) is 25.9 Å². The maximum absolute atomic E-state index is 14.1. The summed E-state index contributed by atoms with van der Waals surface area (Å²) >= 11 is 0. The van der Waals surface area contributed by atoms with E-state index in [1.807, 2.05) is 12.1 Å². The topological polar surface area (TPSA) is 79.9 Å². The third-order valence-corrected chi connectivity index (χ3v) is 5.37. The quantitative estimate of drug-likeness (QED) is 0.733. The molecule has 8 heteroatoms. The zero-order valence-electron chi connectivity index (χ0n) is 18.2. The molecule has 0 spiro atoms. The van der Waals surface area contributed by atoms with E-state index in [1.54, 1.807) is 45.1 Å². The van der Waals surface area contributed by atoms with Crippen LogP contribution in [0.15, 0.2) is 36.4 Å². The second-order valence-electron chi connectivity index (χ2n) is 7.68. The zero-order valence-corrected chi connectivity index (χ0v) is 18.2.